The summed E-state index contributed by atoms with van der Waals surface area (Å²) in [6, 6.07) is 11.9. The van der Waals surface area contributed by atoms with Gasteiger partial charge in [0.1, 0.15) is 5.75 Å². The van der Waals surface area contributed by atoms with Crippen LogP contribution >= 0.6 is 0 Å². The van der Waals surface area contributed by atoms with Gasteiger partial charge in [-0.2, -0.15) is 5.10 Å². The molecule has 6 heteroatoms. The summed E-state index contributed by atoms with van der Waals surface area (Å²) in [5.74, 6) is 1.94. The van der Waals surface area contributed by atoms with E-state index in [1.54, 1.807) is 6.07 Å². The van der Waals surface area contributed by atoms with E-state index in [4.69, 9.17) is 14.6 Å². The van der Waals surface area contributed by atoms with Crippen LogP contribution in [0.25, 0.3) is 0 Å². The van der Waals surface area contributed by atoms with E-state index in [0.717, 1.165) is 66.3 Å². The highest BCUT2D eigenvalue weighted by atomic mass is 16.6. The van der Waals surface area contributed by atoms with Crippen LogP contribution in [0.1, 0.15) is 48.9 Å². The first kappa shape index (κ1) is 19.2. The fourth-order valence-electron chi connectivity index (χ4n) is 4.88. The molecule has 1 spiro atoms. The molecule has 158 valence electrons. The smallest absolute Gasteiger partial charge is 0.200 e. The van der Waals surface area contributed by atoms with Crippen LogP contribution in [-0.2, 0) is 0 Å². The van der Waals surface area contributed by atoms with Crippen LogP contribution < -0.4 is 9.47 Å². The molecular weight excluding hydrogens is 378 g/mol. The molecule has 1 saturated heterocycles. The number of phenolic OH excluding ortho intramolecular Hbond substituents is 1. The lowest BCUT2D eigenvalue weighted by molar-refractivity contribution is -0.148. The van der Waals surface area contributed by atoms with Crippen LogP contribution in [0.5, 0.6) is 17.2 Å². The Hall–Kier alpha value is -2.73. The fraction of sp³-hybridized carbons (Fsp3) is 0.458. The van der Waals surface area contributed by atoms with Gasteiger partial charge in [-0.05, 0) is 39.1 Å². The number of hydrogen-bond acceptors (Lipinski definition) is 6. The van der Waals surface area contributed by atoms with Crippen molar-refractivity contribution in [2.75, 3.05) is 26.7 Å². The molecule has 0 radical (unpaired) electrons. The second-order valence-corrected chi connectivity index (χ2v) is 8.59. The summed E-state index contributed by atoms with van der Waals surface area (Å²) in [6.07, 6.45) is 2.48. The Morgan fingerprint density at radius 1 is 1.23 bits per heavy atom. The van der Waals surface area contributed by atoms with Gasteiger partial charge in [0.15, 0.2) is 11.5 Å². The number of ether oxygens (including phenoxy) is 2. The third-order valence-electron chi connectivity index (χ3n) is 6.52. The maximum absolute atomic E-state index is 10.5. The van der Waals surface area contributed by atoms with E-state index in [1.165, 1.54) is 0 Å². The van der Waals surface area contributed by atoms with E-state index in [0.29, 0.717) is 6.61 Å². The second-order valence-electron chi connectivity index (χ2n) is 8.59. The van der Waals surface area contributed by atoms with Crippen molar-refractivity contribution in [2.45, 2.75) is 44.9 Å². The predicted molar refractivity (Wildman–Crippen MR) is 116 cm³/mol. The van der Waals surface area contributed by atoms with Gasteiger partial charge in [-0.1, -0.05) is 23.8 Å². The van der Waals surface area contributed by atoms with Gasteiger partial charge in [-0.3, -0.25) is 0 Å². The maximum Gasteiger partial charge on any atom is 0.200 e. The lowest BCUT2D eigenvalue weighted by atomic mass is 9.90. The summed E-state index contributed by atoms with van der Waals surface area (Å²) < 4.78 is 12.7. The van der Waals surface area contributed by atoms with E-state index in [1.807, 2.05) is 38.1 Å². The van der Waals surface area contributed by atoms with Crippen molar-refractivity contribution >= 4 is 5.71 Å². The number of hydrogen-bond donors (Lipinski definition) is 1. The van der Waals surface area contributed by atoms with Crippen LogP contribution in [-0.4, -0.2) is 53.2 Å². The molecule has 6 nitrogen and oxygen atoms in total. The average molecular weight is 408 g/mol. The number of likely N-dealkylation sites (tertiary alicyclic amines) is 1. The minimum absolute atomic E-state index is 0.0764. The first-order valence-electron chi connectivity index (χ1n) is 10.8. The van der Waals surface area contributed by atoms with E-state index in [-0.39, 0.29) is 11.8 Å². The van der Waals surface area contributed by atoms with Crippen LogP contribution in [0.2, 0.25) is 0 Å². The Kier molecular flexibility index (Phi) is 4.62. The van der Waals surface area contributed by atoms with Gasteiger partial charge in [0.2, 0.25) is 5.72 Å². The molecule has 3 aliphatic heterocycles. The molecule has 1 fully saturated rings. The molecule has 3 aliphatic rings. The van der Waals surface area contributed by atoms with E-state index in [9.17, 15) is 5.11 Å². The van der Waals surface area contributed by atoms with E-state index < -0.39 is 5.72 Å². The summed E-state index contributed by atoms with van der Waals surface area (Å²) in [5, 5.41) is 17.8. The number of para-hydroxylation sites is 1. The number of phenols is 1. The highest BCUT2D eigenvalue weighted by Gasteiger charge is 2.52. The molecule has 3 heterocycles. The summed E-state index contributed by atoms with van der Waals surface area (Å²) >= 11 is 0. The van der Waals surface area contributed by atoms with Gasteiger partial charge in [-0.15, -0.1) is 0 Å². The molecule has 2 aromatic rings. The number of fused-ring (bicyclic) bond motifs is 4. The Morgan fingerprint density at radius 3 is 2.80 bits per heavy atom. The first-order chi connectivity index (χ1) is 14.5. The van der Waals surface area contributed by atoms with Crippen molar-refractivity contribution in [2.24, 2.45) is 5.10 Å². The van der Waals surface area contributed by atoms with Gasteiger partial charge in [0.05, 0.1) is 18.4 Å². The lowest BCUT2D eigenvalue weighted by Gasteiger charge is -2.51. The van der Waals surface area contributed by atoms with Crippen molar-refractivity contribution in [3.05, 3.63) is 53.1 Å². The number of aryl methyl sites for hydroxylation is 1. The zero-order valence-electron chi connectivity index (χ0n) is 17.9. The molecule has 0 unspecified atom stereocenters. The fourth-order valence-corrected chi connectivity index (χ4v) is 4.88. The number of hydrazone groups is 1. The number of aromatic hydroxyl groups is 1. The number of rotatable bonds is 3. The number of piperidine rings is 1. The van der Waals surface area contributed by atoms with Crippen molar-refractivity contribution in [1.29, 1.82) is 0 Å². The normalized spacial score (nSPS) is 22.3. The second kappa shape index (κ2) is 7.20. The van der Waals surface area contributed by atoms with Gasteiger partial charge in [-0.25, -0.2) is 5.01 Å². The Labute approximate surface area is 177 Å². The molecule has 0 aromatic heterocycles. The molecule has 0 saturated carbocycles. The minimum Gasteiger partial charge on any atom is -0.507 e. The van der Waals surface area contributed by atoms with Crippen molar-refractivity contribution in [1.82, 2.24) is 9.91 Å². The monoisotopic (exact) mass is 407 g/mol. The first-order valence-corrected chi connectivity index (χ1v) is 10.8. The summed E-state index contributed by atoms with van der Waals surface area (Å²) in [4.78, 5) is 2.33. The molecule has 0 bridgehead atoms. The van der Waals surface area contributed by atoms with Gasteiger partial charge in [0.25, 0.3) is 0 Å². The zero-order valence-corrected chi connectivity index (χ0v) is 17.9. The van der Waals surface area contributed by atoms with Crippen molar-refractivity contribution < 1.29 is 14.6 Å². The Balaban J connectivity index is 1.61. The highest BCUT2D eigenvalue weighted by molar-refractivity contribution is 6.04. The standard InChI is InChI=1S/C24H29N3O3/c1-4-29-22-7-5-6-17-20-15-19(18-14-16(2)8-9-21(18)28)25-27(20)24(30-23(17)22)10-12-26(3)13-11-24/h5-9,14,20,28H,4,10-13,15H2,1-3H3/t20-/m1/s1. The largest absolute Gasteiger partial charge is 0.507 e. The number of benzene rings is 2. The van der Waals surface area contributed by atoms with E-state index >= 15 is 0 Å². The Morgan fingerprint density at radius 2 is 2.03 bits per heavy atom. The molecule has 1 atom stereocenters. The highest BCUT2D eigenvalue weighted by Crippen LogP contribution is 2.53. The van der Waals surface area contributed by atoms with Crippen LogP contribution in [0, 0.1) is 6.92 Å². The van der Waals surface area contributed by atoms with Gasteiger partial charge in [0, 0.05) is 43.5 Å². The topological polar surface area (TPSA) is 57.5 Å². The van der Waals surface area contributed by atoms with E-state index in [2.05, 4.69) is 23.0 Å². The minimum atomic E-state index is -0.488. The Bertz CT molecular complexity index is 995. The average Bonchev–Trinajstić information content (AvgIpc) is 3.19. The van der Waals surface area contributed by atoms with Gasteiger partial charge < -0.3 is 19.5 Å². The molecule has 0 amide bonds. The third kappa shape index (κ3) is 3.01. The van der Waals surface area contributed by atoms with Crippen molar-refractivity contribution in [3.8, 4) is 17.2 Å². The molecule has 5 rings (SSSR count). The summed E-state index contributed by atoms with van der Waals surface area (Å²) in [6.45, 7) is 6.54. The third-order valence-corrected chi connectivity index (χ3v) is 6.52. The summed E-state index contributed by atoms with van der Waals surface area (Å²) in [7, 11) is 2.15. The zero-order chi connectivity index (χ0) is 20.9. The van der Waals surface area contributed by atoms with Gasteiger partial charge >= 0.3 is 0 Å². The maximum atomic E-state index is 10.5. The summed E-state index contributed by atoms with van der Waals surface area (Å²) in [5.41, 5.74) is 3.46. The van der Waals surface area contributed by atoms with Crippen molar-refractivity contribution in [3.63, 3.8) is 0 Å². The van der Waals surface area contributed by atoms with Crippen LogP contribution in [0.3, 0.4) is 0 Å². The molecule has 30 heavy (non-hydrogen) atoms. The van der Waals surface area contributed by atoms with Crippen LogP contribution in [0.15, 0.2) is 41.5 Å². The number of nitrogens with zero attached hydrogens (tertiary/aromatic N) is 3. The molecular formula is C24H29N3O3. The van der Waals surface area contributed by atoms with Crippen LogP contribution in [0.4, 0.5) is 0 Å². The lowest BCUT2D eigenvalue weighted by Crippen LogP contribution is -2.58. The quantitative estimate of drug-likeness (QED) is 0.831. The molecule has 2 aromatic carbocycles. The predicted octanol–water partition coefficient (Wildman–Crippen LogP) is 4.06. The molecule has 1 N–H and O–H groups in total. The molecule has 0 aliphatic carbocycles. The SMILES string of the molecule is CCOc1cccc2c1OC1(CCN(C)CC1)N1N=C(c3cc(C)ccc3O)C[C@H]21.